The summed E-state index contributed by atoms with van der Waals surface area (Å²) in [5, 5.41) is 10.9. The van der Waals surface area contributed by atoms with Crippen LogP contribution in [-0.2, 0) is 5.60 Å². The Balaban J connectivity index is 2.39. The predicted molar refractivity (Wildman–Crippen MR) is 70.0 cm³/mol. The van der Waals surface area contributed by atoms with Crippen LogP contribution in [0.1, 0.15) is 18.9 Å². The van der Waals surface area contributed by atoms with E-state index in [9.17, 15) is 5.11 Å². The maximum Gasteiger partial charge on any atom is 0.161 e. The lowest BCUT2D eigenvalue weighted by Gasteiger charge is -2.28. The minimum atomic E-state index is -0.746. The molecule has 1 aliphatic rings. The van der Waals surface area contributed by atoms with Crippen LogP contribution in [0.25, 0.3) is 0 Å². The highest BCUT2D eigenvalue weighted by atomic mass is 32.2. The molecule has 1 aromatic rings. The summed E-state index contributed by atoms with van der Waals surface area (Å²) in [6.45, 7) is 2.06. The van der Waals surface area contributed by atoms with Crippen LogP contribution in [0, 0.1) is 0 Å². The Labute approximate surface area is 106 Å². The van der Waals surface area contributed by atoms with E-state index in [2.05, 4.69) is 6.92 Å². The number of benzene rings is 1. The predicted octanol–water partition coefficient (Wildman–Crippen LogP) is 2.42. The molecule has 0 bridgehead atoms. The first-order chi connectivity index (χ1) is 8.11. The van der Waals surface area contributed by atoms with Crippen LogP contribution >= 0.6 is 11.8 Å². The lowest BCUT2D eigenvalue weighted by atomic mass is 9.88. The van der Waals surface area contributed by atoms with E-state index in [1.165, 1.54) is 0 Å². The van der Waals surface area contributed by atoms with E-state index in [-0.39, 0.29) is 5.25 Å². The molecule has 1 N–H and O–H groups in total. The highest BCUT2D eigenvalue weighted by Crippen LogP contribution is 2.44. The number of hydrogen-bond acceptors (Lipinski definition) is 4. The second-order valence-electron chi connectivity index (χ2n) is 4.26. The Morgan fingerprint density at radius 2 is 2.00 bits per heavy atom. The van der Waals surface area contributed by atoms with Gasteiger partial charge in [-0.05, 0) is 29.9 Å². The van der Waals surface area contributed by atoms with Crippen molar-refractivity contribution in [2.24, 2.45) is 0 Å². The van der Waals surface area contributed by atoms with Gasteiger partial charge >= 0.3 is 0 Å². The Hall–Kier alpha value is -0.870. The Bertz CT molecular complexity index is 408. The zero-order valence-electron chi connectivity index (χ0n) is 10.4. The molecule has 17 heavy (non-hydrogen) atoms. The minimum absolute atomic E-state index is 0.209. The van der Waals surface area contributed by atoms with Gasteiger partial charge in [-0.15, -0.1) is 0 Å². The third-order valence-electron chi connectivity index (χ3n) is 3.41. The quantitative estimate of drug-likeness (QED) is 0.899. The molecule has 1 fully saturated rings. The highest BCUT2D eigenvalue weighted by molar-refractivity contribution is 8.00. The van der Waals surface area contributed by atoms with Gasteiger partial charge in [0, 0.05) is 5.25 Å². The molecular formula is C13H18O3S. The van der Waals surface area contributed by atoms with Crippen LogP contribution in [0.2, 0.25) is 0 Å². The summed E-state index contributed by atoms with van der Waals surface area (Å²) in [4.78, 5) is 0. The summed E-state index contributed by atoms with van der Waals surface area (Å²) < 4.78 is 10.5. The zero-order chi connectivity index (χ0) is 12.5. The lowest BCUT2D eigenvalue weighted by Crippen LogP contribution is -2.31. The van der Waals surface area contributed by atoms with Gasteiger partial charge in [-0.25, -0.2) is 0 Å². The van der Waals surface area contributed by atoms with Crippen LogP contribution in [0.4, 0.5) is 0 Å². The summed E-state index contributed by atoms with van der Waals surface area (Å²) in [6, 6.07) is 5.65. The summed E-state index contributed by atoms with van der Waals surface area (Å²) >= 11 is 1.80. The van der Waals surface area contributed by atoms with Crippen LogP contribution in [0.15, 0.2) is 18.2 Å². The maximum atomic E-state index is 10.7. The Morgan fingerprint density at radius 1 is 1.29 bits per heavy atom. The van der Waals surface area contributed by atoms with Gasteiger partial charge in [0.15, 0.2) is 11.5 Å². The van der Waals surface area contributed by atoms with Gasteiger partial charge in [0.2, 0.25) is 0 Å². The van der Waals surface area contributed by atoms with Crippen LogP contribution in [0.3, 0.4) is 0 Å². The maximum absolute atomic E-state index is 10.7. The van der Waals surface area contributed by atoms with E-state index >= 15 is 0 Å². The first-order valence-corrected chi connectivity index (χ1v) is 6.73. The van der Waals surface area contributed by atoms with Gasteiger partial charge in [0.1, 0.15) is 5.60 Å². The molecule has 3 nitrogen and oxygen atoms in total. The summed E-state index contributed by atoms with van der Waals surface area (Å²) in [5.74, 6) is 2.35. The monoisotopic (exact) mass is 254 g/mol. The van der Waals surface area contributed by atoms with Crippen molar-refractivity contribution in [1.82, 2.24) is 0 Å². The topological polar surface area (TPSA) is 38.7 Å². The molecule has 1 saturated heterocycles. The molecule has 1 heterocycles. The first kappa shape index (κ1) is 12.6. The second kappa shape index (κ2) is 4.78. The van der Waals surface area contributed by atoms with Crippen LogP contribution in [-0.4, -0.2) is 30.3 Å². The van der Waals surface area contributed by atoms with Gasteiger partial charge in [-0.3, -0.25) is 0 Å². The van der Waals surface area contributed by atoms with Gasteiger partial charge in [-0.1, -0.05) is 13.0 Å². The molecule has 94 valence electrons. The lowest BCUT2D eigenvalue weighted by molar-refractivity contribution is 0.0424. The van der Waals surface area contributed by atoms with Gasteiger partial charge in [0.05, 0.1) is 14.2 Å². The fourth-order valence-corrected chi connectivity index (χ4v) is 3.53. The summed E-state index contributed by atoms with van der Waals surface area (Å²) in [7, 11) is 3.22. The number of thioether (sulfide) groups is 1. The van der Waals surface area contributed by atoms with E-state index < -0.39 is 5.60 Å². The van der Waals surface area contributed by atoms with E-state index in [1.807, 2.05) is 18.2 Å². The standard InChI is InChI=1S/C13H18O3S/c1-9-13(14,6-7-17-9)10-4-5-11(15-2)12(8-10)16-3/h4-5,8-9,14H,6-7H2,1-3H3. The minimum Gasteiger partial charge on any atom is -0.493 e. The second-order valence-corrected chi connectivity index (χ2v) is 5.71. The van der Waals surface area contributed by atoms with Gasteiger partial charge < -0.3 is 14.6 Å². The van der Waals surface area contributed by atoms with Crippen molar-refractivity contribution in [3.63, 3.8) is 0 Å². The van der Waals surface area contributed by atoms with Crippen LogP contribution in [0.5, 0.6) is 11.5 Å². The molecule has 0 saturated carbocycles. The number of rotatable bonds is 3. The van der Waals surface area contributed by atoms with E-state index in [1.54, 1.807) is 26.0 Å². The van der Waals surface area contributed by atoms with Crippen molar-refractivity contribution in [3.8, 4) is 11.5 Å². The van der Waals surface area contributed by atoms with Crippen molar-refractivity contribution in [2.75, 3.05) is 20.0 Å². The number of hydrogen-bond donors (Lipinski definition) is 1. The molecule has 2 unspecified atom stereocenters. The molecule has 0 aliphatic carbocycles. The smallest absolute Gasteiger partial charge is 0.161 e. The highest BCUT2D eigenvalue weighted by Gasteiger charge is 2.40. The third-order valence-corrected chi connectivity index (χ3v) is 4.74. The van der Waals surface area contributed by atoms with E-state index in [4.69, 9.17) is 9.47 Å². The van der Waals surface area contributed by atoms with Crippen molar-refractivity contribution in [2.45, 2.75) is 24.2 Å². The summed E-state index contributed by atoms with van der Waals surface area (Å²) in [6.07, 6.45) is 0.786. The third kappa shape index (κ3) is 2.11. The molecule has 0 aromatic heterocycles. The fourth-order valence-electron chi connectivity index (χ4n) is 2.22. The number of aliphatic hydroxyl groups is 1. The molecule has 0 radical (unpaired) electrons. The fraction of sp³-hybridized carbons (Fsp3) is 0.538. The molecule has 0 spiro atoms. The first-order valence-electron chi connectivity index (χ1n) is 5.68. The SMILES string of the molecule is COc1ccc(C2(O)CCSC2C)cc1OC. The Kier molecular flexibility index (Phi) is 3.54. The average molecular weight is 254 g/mol. The number of ether oxygens (including phenoxy) is 2. The molecule has 1 aliphatic heterocycles. The molecule has 0 amide bonds. The molecule has 4 heteroatoms. The van der Waals surface area contributed by atoms with Crippen molar-refractivity contribution >= 4 is 11.8 Å². The zero-order valence-corrected chi connectivity index (χ0v) is 11.2. The molecular weight excluding hydrogens is 236 g/mol. The van der Waals surface area contributed by atoms with Crippen molar-refractivity contribution in [3.05, 3.63) is 23.8 Å². The average Bonchev–Trinajstić information content (AvgIpc) is 2.70. The Morgan fingerprint density at radius 3 is 2.53 bits per heavy atom. The van der Waals surface area contributed by atoms with Crippen molar-refractivity contribution in [1.29, 1.82) is 0 Å². The van der Waals surface area contributed by atoms with Gasteiger partial charge in [-0.2, -0.15) is 11.8 Å². The normalized spacial score (nSPS) is 28.1. The van der Waals surface area contributed by atoms with Crippen LogP contribution < -0.4 is 9.47 Å². The van der Waals surface area contributed by atoms with Gasteiger partial charge in [0.25, 0.3) is 0 Å². The molecule has 2 atom stereocenters. The van der Waals surface area contributed by atoms with E-state index in [0.717, 1.165) is 17.7 Å². The molecule has 2 rings (SSSR count). The number of methoxy groups -OCH3 is 2. The van der Waals surface area contributed by atoms with Crippen molar-refractivity contribution < 1.29 is 14.6 Å². The largest absolute Gasteiger partial charge is 0.493 e. The molecule has 1 aromatic carbocycles. The van der Waals surface area contributed by atoms with E-state index in [0.29, 0.717) is 11.5 Å². The summed E-state index contributed by atoms with van der Waals surface area (Å²) in [5.41, 5.74) is 0.164.